The molecule has 0 aromatic heterocycles. The molecule has 4 rings (SSSR count). The van der Waals surface area contributed by atoms with Crippen molar-refractivity contribution in [1.82, 2.24) is 0 Å². The van der Waals surface area contributed by atoms with Gasteiger partial charge in [-0.15, -0.1) is 0 Å². The first-order valence-corrected chi connectivity index (χ1v) is 9.29. The predicted molar refractivity (Wildman–Crippen MR) is 114 cm³/mol. The molecule has 0 aliphatic carbocycles. The lowest BCUT2D eigenvalue weighted by atomic mass is 10.0. The van der Waals surface area contributed by atoms with Gasteiger partial charge in [-0.3, -0.25) is 9.59 Å². The molecule has 1 aliphatic rings. The van der Waals surface area contributed by atoms with Gasteiger partial charge in [0.2, 0.25) is 0 Å². The second-order valence-corrected chi connectivity index (χ2v) is 6.57. The molecule has 0 N–H and O–H groups in total. The highest BCUT2D eigenvalue weighted by Crippen LogP contribution is 2.29. The van der Waals surface area contributed by atoms with Crippen LogP contribution < -0.4 is 14.5 Å². The summed E-state index contributed by atoms with van der Waals surface area (Å²) in [5.41, 5.74) is 1.32. The standard InChI is InChI=1S/C24H18N2O4/c1-30-20-14-12-17(13-15-20)16-21-22(27)25(18-8-4-2-5-9-18)24(29)26(23(21)28)19-10-6-3-7-11-19/h2-16H,1H3. The number of barbiturate groups is 1. The second kappa shape index (κ2) is 8.05. The van der Waals surface area contributed by atoms with Gasteiger partial charge in [0.15, 0.2) is 0 Å². The molecule has 1 heterocycles. The summed E-state index contributed by atoms with van der Waals surface area (Å²) in [4.78, 5) is 41.7. The van der Waals surface area contributed by atoms with Gasteiger partial charge in [-0.1, -0.05) is 48.5 Å². The predicted octanol–water partition coefficient (Wildman–Crippen LogP) is 4.28. The van der Waals surface area contributed by atoms with Crippen LogP contribution in [0.15, 0.2) is 90.5 Å². The van der Waals surface area contributed by atoms with E-state index in [0.717, 1.165) is 9.80 Å². The molecule has 3 aromatic rings. The van der Waals surface area contributed by atoms with Crippen molar-refractivity contribution in [3.05, 3.63) is 96.1 Å². The number of rotatable bonds is 4. The Kier molecular flexibility index (Phi) is 5.13. The summed E-state index contributed by atoms with van der Waals surface area (Å²) in [6, 6.07) is 23.3. The molecule has 6 nitrogen and oxygen atoms in total. The van der Waals surface area contributed by atoms with Gasteiger partial charge in [0.1, 0.15) is 11.3 Å². The fourth-order valence-electron chi connectivity index (χ4n) is 3.21. The molecule has 30 heavy (non-hydrogen) atoms. The maximum Gasteiger partial charge on any atom is 0.343 e. The van der Waals surface area contributed by atoms with Crippen LogP contribution in [0.4, 0.5) is 16.2 Å². The first-order valence-electron chi connectivity index (χ1n) is 9.29. The molecule has 4 amide bonds. The Balaban J connectivity index is 1.83. The van der Waals surface area contributed by atoms with Crippen molar-refractivity contribution in [2.45, 2.75) is 0 Å². The lowest BCUT2D eigenvalue weighted by Gasteiger charge is -2.33. The van der Waals surface area contributed by atoms with Crippen molar-refractivity contribution >= 4 is 35.3 Å². The van der Waals surface area contributed by atoms with E-state index >= 15 is 0 Å². The highest BCUT2D eigenvalue weighted by Gasteiger charge is 2.43. The van der Waals surface area contributed by atoms with Crippen molar-refractivity contribution in [2.24, 2.45) is 0 Å². The van der Waals surface area contributed by atoms with E-state index in [1.807, 2.05) is 0 Å². The fraction of sp³-hybridized carbons (Fsp3) is 0.0417. The van der Waals surface area contributed by atoms with Gasteiger partial charge < -0.3 is 4.74 Å². The minimum atomic E-state index is -0.714. The van der Waals surface area contributed by atoms with Gasteiger partial charge in [-0.25, -0.2) is 14.6 Å². The SMILES string of the molecule is COc1ccc(C=C2C(=O)N(c3ccccc3)C(=O)N(c3ccccc3)C2=O)cc1. The van der Waals surface area contributed by atoms with E-state index in [4.69, 9.17) is 4.74 Å². The quantitative estimate of drug-likeness (QED) is 0.486. The number of methoxy groups -OCH3 is 1. The van der Waals surface area contributed by atoms with Crippen LogP contribution in [-0.4, -0.2) is 25.0 Å². The molecule has 0 bridgehead atoms. The van der Waals surface area contributed by atoms with Crippen molar-refractivity contribution in [3.8, 4) is 5.75 Å². The summed E-state index contributed by atoms with van der Waals surface area (Å²) in [6.45, 7) is 0. The fourth-order valence-corrected chi connectivity index (χ4v) is 3.21. The highest BCUT2D eigenvalue weighted by molar-refractivity contribution is 6.46. The summed E-state index contributed by atoms with van der Waals surface area (Å²) in [7, 11) is 1.56. The van der Waals surface area contributed by atoms with Crippen molar-refractivity contribution in [2.75, 3.05) is 16.9 Å². The first kappa shape index (κ1) is 19.1. The average Bonchev–Trinajstić information content (AvgIpc) is 2.79. The van der Waals surface area contributed by atoms with Crippen LogP contribution in [0.5, 0.6) is 5.75 Å². The number of imide groups is 2. The maximum atomic E-state index is 13.2. The number of para-hydroxylation sites is 2. The third kappa shape index (κ3) is 3.46. The van der Waals surface area contributed by atoms with Crippen molar-refractivity contribution < 1.29 is 19.1 Å². The molecule has 0 radical (unpaired) electrons. The number of anilines is 2. The van der Waals surface area contributed by atoms with Crippen molar-refractivity contribution in [3.63, 3.8) is 0 Å². The minimum absolute atomic E-state index is 0.104. The van der Waals surface area contributed by atoms with E-state index in [2.05, 4.69) is 0 Å². The third-order valence-electron chi connectivity index (χ3n) is 4.71. The minimum Gasteiger partial charge on any atom is -0.497 e. The number of hydrogen-bond acceptors (Lipinski definition) is 4. The van der Waals surface area contributed by atoms with Crippen LogP contribution in [0.2, 0.25) is 0 Å². The van der Waals surface area contributed by atoms with E-state index < -0.39 is 17.8 Å². The molecule has 148 valence electrons. The Hall–Kier alpha value is -4.19. The van der Waals surface area contributed by atoms with Gasteiger partial charge in [0.25, 0.3) is 11.8 Å². The van der Waals surface area contributed by atoms with Crippen LogP contribution in [0, 0.1) is 0 Å². The van der Waals surface area contributed by atoms with Gasteiger partial charge in [0, 0.05) is 0 Å². The van der Waals surface area contributed by atoms with E-state index in [0.29, 0.717) is 22.7 Å². The van der Waals surface area contributed by atoms with Crippen molar-refractivity contribution in [1.29, 1.82) is 0 Å². The normalized spacial score (nSPS) is 14.2. The zero-order valence-corrected chi connectivity index (χ0v) is 16.2. The number of urea groups is 1. The molecular weight excluding hydrogens is 380 g/mol. The lowest BCUT2D eigenvalue weighted by Crippen LogP contribution is -2.57. The van der Waals surface area contributed by atoms with Crippen LogP contribution in [0.3, 0.4) is 0 Å². The molecule has 1 fully saturated rings. The molecule has 0 saturated carbocycles. The van der Waals surface area contributed by atoms with Crippen LogP contribution in [0.1, 0.15) is 5.56 Å². The van der Waals surface area contributed by atoms with Gasteiger partial charge in [-0.05, 0) is 48.0 Å². The average molecular weight is 398 g/mol. The summed E-state index contributed by atoms with van der Waals surface area (Å²) in [5, 5.41) is 0. The Morgan fingerprint density at radius 3 is 1.57 bits per heavy atom. The smallest absolute Gasteiger partial charge is 0.343 e. The van der Waals surface area contributed by atoms with E-state index in [1.165, 1.54) is 6.08 Å². The molecule has 6 heteroatoms. The Morgan fingerprint density at radius 2 is 1.13 bits per heavy atom. The summed E-state index contributed by atoms with van der Waals surface area (Å²) >= 11 is 0. The largest absolute Gasteiger partial charge is 0.497 e. The molecule has 0 unspecified atom stereocenters. The van der Waals surface area contributed by atoms with E-state index in [1.54, 1.807) is 92.0 Å². The summed E-state index contributed by atoms with van der Waals surface area (Å²) < 4.78 is 5.15. The number of carbonyl (C=O) groups excluding carboxylic acids is 3. The third-order valence-corrected chi connectivity index (χ3v) is 4.71. The molecule has 0 spiro atoms. The zero-order chi connectivity index (χ0) is 21.1. The molecular formula is C24H18N2O4. The van der Waals surface area contributed by atoms with E-state index in [9.17, 15) is 14.4 Å². The number of hydrogen-bond donors (Lipinski definition) is 0. The zero-order valence-electron chi connectivity index (χ0n) is 16.2. The van der Waals surface area contributed by atoms with Crippen LogP contribution in [0.25, 0.3) is 6.08 Å². The van der Waals surface area contributed by atoms with Crippen LogP contribution in [-0.2, 0) is 9.59 Å². The molecule has 0 atom stereocenters. The van der Waals surface area contributed by atoms with E-state index in [-0.39, 0.29) is 5.57 Å². The molecule has 1 aliphatic heterocycles. The Morgan fingerprint density at radius 1 is 0.667 bits per heavy atom. The number of nitrogens with zero attached hydrogens (tertiary/aromatic N) is 2. The first-order chi connectivity index (χ1) is 14.6. The monoisotopic (exact) mass is 398 g/mol. The van der Waals surface area contributed by atoms with Gasteiger partial charge >= 0.3 is 6.03 Å². The second-order valence-electron chi connectivity index (χ2n) is 6.57. The summed E-state index contributed by atoms with van der Waals surface area (Å²) in [6.07, 6.45) is 1.49. The van der Waals surface area contributed by atoms with Gasteiger partial charge in [0.05, 0.1) is 18.5 Å². The van der Waals surface area contributed by atoms with Gasteiger partial charge in [-0.2, -0.15) is 0 Å². The topological polar surface area (TPSA) is 66.9 Å². The molecule has 3 aromatic carbocycles. The van der Waals surface area contributed by atoms with Crippen LogP contribution >= 0.6 is 0 Å². The Labute approximate surface area is 173 Å². The Bertz CT molecular complexity index is 1060. The highest BCUT2D eigenvalue weighted by atomic mass is 16.5. The lowest BCUT2D eigenvalue weighted by molar-refractivity contribution is -0.121. The maximum absolute atomic E-state index is 13.2. The number of benzene rings is 3. The molecule has 1 saturated heterocycles. The number of carbonyl (C=O) groups is 3. The number of amides is 4. The number of ether oxygens (including phenoxy) is 1. The summed E-state index contributed by atoms with van der Waals surface area (Å²) in [5.74, 6) is -0.677.